The first kappa shape index (κ1) is 9.93. The van der Waals surface area contributed by atoms with E-state index in [0.29, 0.717) is 0 Å². The average Bonchev–Trinajstić information content (AvgIpc) is 2.58. The predicted octanol–water partition coefficient (Wildman–Crippen LogP) is 0.931. The van der Waals surface area contributed by atoms with Gasteiger partial charge in [0.1, 0.15) is 12.3 Å². The molecule has 1 atom stereocenters. The smallest absolute Gasteiger partial charge is 0.243 e. The zero-order chi connectivity index (χ0) is 10.8. The number of benzene rings is 1. The Hall–Kier alpha value is -1.61. The van der Waals surface area contributed by atoms with Gasteiger partial charge in [0.2, 0.25) is 6.33 Å². The fourth-order valence-corrected chi connectivity index (χ4v) is 1.74. The van der Waals surface area contributed by atoms with Gasteiger partial charge in [-0.25, -0.2) is 9.13 Å². The number of aliphatic hydroxyl groups excluding tert-OH is 1. The van der Waals surface area contributed by atoms with Gasteiger partial charge >= 0.3 is 0 Å². The third kappa shape index (κ3) is 1.92. The molecule has 0 spiro atoms. The van der Waals surface area contributed by atoms with Gasteiger partial charge in [0, 0.05) is 0 Å². The number of aryl methyl sites for hydroxylation is 2. The number of aromatic nitrogens is 2. The Kier molecular flexibility index (Phi) is 2.56. The van der Waals surface area contributed by atoms with Crippen LogP contribution in [0.15, 0.2) is 42.9 Å². The average molecular weight is 203 g/mol. The van der Waals surface area contributed by atoms with Crippen molar-refractivity contribution in [3.05, 3.63) is 54.1 Å². The van der Waals surface area contributed by atoms with Gasteiger partial charge in [-0.2, -0.15) is 0 Å². The molecule has 1 aromatic carbocycles. The van der Waals surface area contributed by atoms with E-state index in [1.165, 1.54) is 0 Å². The molecule has 0 aliphatic heterocycles. The van der Waals surface area contributed by atoms with Gasteiger partial charge in [0.15, 0.2) is 5.69 Å². The van der Waals surface area contributed by atoms with Gasteiger partial charge in [-0.1, -0.05) is 30.3 Å². The number of rotatable bonds is 2. The largest absolute Gasteiger partial charge is 0.380 e. The highest BCUT2D eigenvalue weighted by atomic mass is 16.3. The first-order valence-electron chi connectivity index (χ1n) is 4.93. The molecule has 3 nitrogen and oxygen atoms in total. The van der Waals surface area contributed by atoms with Crippen molar-refractivity contribution in [1.29, 1.82) is 0 Å². The summed E-state index contributed by atoms with van der Waals surface area (Å²) in [5.41, 5.74) is 1.81. The molecule has 1 heterocycles. The Morgan fingerprint density at radius 3 is 2.47 bits per heavy atom. The molecule has 1 aromatic heterocycles. The molecule has 0 radical (unpaired) electrons. The van der Waals surface area contributed by atoms with E-state index < -0.39 is 6.10 Å². The molecule has 3 heteroatoms. The SMILES string of the molecule is Cn1c[n+](C)cc1[C@@H](O)c1ccccc1. The second-order valence-corrected chi connectivity index (χ2v) is 3.76. The first-order chi connectivity index (χ1) is 7.18. The highest BCUT2D eigenvalue weighted by Gasteiger charge is 2.19. The van der Waals surface area contributed by atoms with Crippen LogP contribution in [0.2, 0.25) is 0 Å². The Balaban J connectivity index is 2.36. The van der Waals surface area contributed by atoms with Gasteiger partial charge < -0.3 is 5.11 Å². The maximum absolute atomic E-state index is 10.2. The lowest BCUT2D eigenvalue weighted by Crippen LogP contribution is -2.23. The van der Waals surface area contributed by atoms with Crippen molar-refractivity contribution in [3.63, 3.8) is 0 Å². The molecule has 2 rings (SSSR count). The molecule has 0 aliphatic rings. The van der Waals surface area contributed by atoms with Crippen molar-refractivity contribution in [1.82, 2.24) is 4.57 Å². The van der Waals surface area contributed by atoms with Crippen LogP contribution in [0, 0.1) is 0 Å². The third-order valence-corrected chi connectivity index (χ3v) is 2.49. The first-order valence-corrected chi connectivity index (χ1v) is 4.93. The molecule has 0 bridgehead atoms. The summed E-state index contributed by atoms with van der Waals surface area (Å²) in [5, 5.41) is 10.2. The van der Waals surface area contributed by atoms with Crippen LogP contribution in [-0.2, 0) is 14.1 Å². The van der Waals surface area contributed by atoms with Crippen LogP contribution in [0.3, 0.4) is 0 Å². The highest BCUT2D eigenvalue weighted by Crippen LogP contribution is 2.19. The minimum Gasteiger partial charge on any atom is -0.380 e. The molecular formula is C12H15N2O+. The van der Waals surface area contributed by atoms with E-state index in [2.05, 4.69) is 0 Å². The maximum Gasteiger partial charge on any atom is 0.243 e. The van der Waals surface area contributed by atoms with Gasteiger partial charge in [-0.05, 0) is 5.56 Å². The van der Waals surface area contributed by atoms with Crippen LogP contribution < -0.4 is 4.57 Å². The van der Waals surface area contributed by atoms with Gasteiger partial charge in [0.05, 0.1) is 14.1 Å². The van der Waals surface area contributed by atoms with Crippen molar-refractivity contribution in [3.8, 4) is 0 Å². The summed E-state index contributed by atoms with van der Waals surface area (Å²) in [6.45, 7) is 0. The van der Waals surface area contributed by atoms with Crippen LogP contribution in [0.5, 0.6) is 0 Å². The summed E-state index contributed by atoms with van der Waals surface area (Å²) in [6, 6.07) is 9.67. The molecule has 0 fully saturated rings. The minimum absolute atomic E-state index is 0.558. The van der Waals surface area contributed by atoms with E-state index in [4.69, 9.17) is 0 Å². The van der Waals surface area contributed by atoms with Gasteiger partial charge in [-0.3, -0.25) is 0 Å². The van der Waals surface area contributed by atoms with Crippen molar-refractivity contribution < 1.29 is 9.67 Å². The zero-order valence-electron chi connectivity index (χ0n) is 8.96. The topological polar surface area (TPSA) is 29.0 Å². The summed E-state index contributed by atoms with van der Waals surface area (Å²) in [7, 11) is 3.88. The van der Waals surface area contributed by atoms with E-state index in [0.717, 1.165) is 11.3 Å². The summed E-state index contributed by atoms with van der Waals surface area (Å²) in [5.74, 6) is 0. The molecule has 15 heavy (non-hydrogen) atoms. The molecule has 2 aromatic rings. The summed E-state index contributed by atoms with van der Waals surface area (Å²) >= 11 is 0. The van der Waals surface area contributed by atoms with Crippen molar-refractivity contribution >= 4 is 0 Å². The predicted molar refractivity (Wildman–Crippen MR) is 57.1 cm³/mol. The normalized spacial score (nSPS) is 12.7. The highest BCUT2D eigenvalue weighted by molar-refractivity contribution is 5.23. The fourth-order valence-electron chi connectivity index (χ4n) is 1.74. The van der Waals surface area contributed by atoms with E-state index in [1.807, 2.05) is 66.1 Å². The third-order valence-electron chi connectivity index (χ3n) is 2.49. The number of hydrogen-bond acceptors (Lipinski definition) is 1. The molecule has 0 saturated carbocycles. The molecule has 0 amide bonds. The van der Waals surface area contributed by atoms with Crippen LogP contribution >= 0.6 is 0 Å². The Bertz CT molecular complexity index is 448. The second-order valence-electron chi connectivity index (χ2n) is 3.76. The van der Waals surface area contributed by atoms with E-state index in [9.17, 15) is 5.11 Å². The van der Waals surface area contributed by atoms with Crippen molar-refractivity contribution in [2.45, 2.75) is 6.10 Å². The summed E-state index contributed by atoms with van der Waals surface area (Å²) in [6.07, 6.45) is 3.30. The van der Waals surface area contributed by atoms with Crippen LogP contribution in [0.25, 0.3) is 0 Å². The van der Waals surface area contributed by atoms with Crippen LogP contribution in [0.1, 0.15) is 17.4 Å². The molecule has 0 saturated heterocycles. The number of nitrogens with zero attached hydrogens (tertiary/aromatic N) is 2. The quantitative estimate of drug-likeness (QED) is 0.723. The molecule has 0 unspecified atom stereocenters. The summed E-state index contributed by atoms with van der Waals surface area (Å²) < 4.78 is 3.86. The van der Waals surface area contributed by atoms with Gasteiger partial charge in [0.25, 0.3) is 0 Å². The maximum atomic E-state index is 10.2. The molecular weight excluding hydrogens is 188 g/mol. The number of hydrogen-bond donors (Lipinski definition) is 1. The second kappa shape index (κ2) is 3.87. The van der Waals surface area contributed by atoms with Crippen molar-refractivity contribution in [2.75, 3.05) is 0 Å². The molecule has 0 aliphatic carbocycles. The molecule has 78 valence electrons. The Labute approximate surface area is 89.2 Å². The van der Waals surface area contributed by atoms with E-state index in [1.54, 1.807) is 0 Å². The lowest BCUT2D eigenvalue weighted by Gasteiger charge is -2.06. The monoisotopic (exact) mass is 203 g/mol. The number of imidazole rings is 1. The zero-order valence-corrected chi connectivity index (χ0v) is 8.96. The Morgan fingerprint density at radius 1 is 1.27 bits per heavy atom. The lowest BCUT2D eigenvalue weighted by atomic mass is 10.1. The van der Waals surface area contributed by atoms with E-state index >= 15 is 0 Å². The van der Waals surface area contributed by atoms with E-state index in [-0.39, 0.29) is 0 Å². The van der Waals surface area contributed by atoms with Crippen LogP contribution in [-0.4, -0.2) is 9.67 Å². The van der Waals surface area contributed by atoms with Gasteiger partial charge in [-0.15, -0.1) is 0 Å². The fraction of sp³-hybridized carbons (Fsp3) is 0.250. The van der Waals surface area contributed by atoms with Crippen molar-refractivity contribution in [2.24, 2.45) is 14.1 Å². The lowest BCUT2D eigenvalue weighted by molar-refractivity contribution is -0.671. The minimum atomic E-state index is -0.558. The standard InChI is InChI=1S/C12H15N2O/c1-13-8-11(14(2)9-13)12(15)10-6-4-3-5-7-10/h3-9,12,15H,1-2H3/q+1/t12-/m0/s1. The number of aliphatic hydroxyl groups is 1. The van der Waals surface area contributed by atoms with Crippen LogP contribution in [0.4, 0.5) is 0 Å². The Morgan fingerprint density at radius 2 is 1.93 bits per heavy atom. The summed E-state index contributed by atoms with van der Waals surface area (Å²) in [4.78, 5) is 0. The molecule has 1 N–H and O–H groups in total.